The van der Waals surface area contributed by atoms with E-state index in [1.54, 1.807) is 42.5 Å². The van der Waals surface area contributed by atoms with Crippen molar-refractivity contribution in [2.45, 2.75) is 0 Å². The van der Waals surface area contributed by atoms with E-state index in [1.165, 1.54) is 4.57 Å². The van der Waals surface area contributed by atoms with E-state index in [0.717, 1.165) is 6.07 Å². The van der Waals surface area contributed by atoms with Gasteiger partial charge in [-0.1, -0.05) is 18.2 Å². The molecule has 6 heteroatoms. The first kappa shape index (κ1) is 13.4. The minimum absolute atomic E-state index is 0.0115. The van der Waals surface area contributed by atoms with E-state index >= 15 is 0 Å². The summed E-state index contributed by atoms with van der Waals surface area (Å²) in [5.74, 6) is 0.0465. The van der Waals surface area contributed by atoms with Crippen molar-refractivity contribution < 1.29 is 19.4 Å². The highest BCUT2D eigenvalue weighted by Gasteiger charge is 2.18. The second kappa shape index (κ2) is 4.88. The van der Waals surface area contributed by atoms with Crippen LogP contribution >= 0.6 is 0 Å². The van der Waals surface area contributed by atoms with Gasteiger partial charge >= 0.3 is 5.97 Å². The average molecular weight is 309 g/mol. The summed E-state index contributed by atoms with van der Waals surface area (Å²) in [7, 11) is 0. The van der Waals surface area contributed by atoms with E-state index < -0.39 is 11.5 Å². The smallest absolute Gasteiger partial charge is 0.336 e. The summed E-state index contributed by atoms with van der Waals surface area (Å²) in [5.41, 5.74) is 0.686. The van der Waals surface area contributed by atoms with Gasteiger partial charge in [-0.05, 0) is 18.2 Å². The molecule has 1 aliphatic heterocycles. The van der Waals surface area contributed by atoms with Crippen molar-refractivity contribution in [2.24, 2.45) is 0 Å². The van der Waals surface area contributed by atoms with Crippen molar-refractivity contribution in [2.75, 3.05) is 6.79 Å². The topological polar surface area (TPSA) is 77.8 Å². The van der Waals surface area contributed by atoms with Gasteiger partial charge in [-0.15, -0.1) is 0 Å². The number of fused-ring (bicyclic) bond motifs is 2. The molecule has 23 heavy (non-hydrogen) atoms. The van der Waals surface area contributed by atoms with Gasteiger partial charge in [0, 0.05) is 17.5 Å². The molecule has 0 radical (unpaired) electrons. The quantitative estimate of drug-likeness (QED) is 0.786. The van der Waals surface area contributed by atoms with E-state index in [2.05, 4.69) is 0 Å². The molecule has 0 bridgehead atoms. The maximum Gasteiger partial charge on any atom is 0.336 e. The Morgan fingerprint density at radius 2 is 1.83 bits per heavy atom. The Morgan fingerprint density at radius 1 is 1.04 bits per heavy atom. The highest BCUT2D eigenvalue weighted by Crippen LogP contribution is 2.34. The lowest BCUT2D eigenvalue weighted by Crippen LogP contribution is -2.20. The Labute approximate surface area is 130 Å². The molecule has 0 saturated carbocycles. The van der Waals surface area contributed by atoms with Crippen molar-refractivity contribution in [3.05, 3.63) is 64.4 Å². The molecule has 114 valence electrons. The fraction of sp³-hybridized carbons (Fsp3) is 0.0588. The summed E-state index contributed by atoms with van der Waals surface area (Å²) in [6.45, 7) is 0.145. The molecule has 1 aliphatic rings. The maximum absolute atomic E-state index is 12.5. The molecular weight excluding hydrogens is 298 g/mol. The standard InChI is InChI=1S/C17H11NO5/c19-16-8-12(17(20)21)11-3-1-2-4-13(11)18(16)10-5-6-14-15(7-10)23-9-22-14/h1-8H,9H2,(H,20,21). The summed E-state index contributed by atoms with van der Waals surface area (Å²) in [5, 5.41) is 9.81. The number of para-hydroxylation sites is 1. The normalized spacial score (nSPS) is 12.5. The first-order chi connectivity index (χ1) is 11.1. The highest BCUT2D eigenvalue weighted by molar-refractivity contribution is 6.02. The number of hydrogen-bond donors (Lipinski definition) is 1. The fourth-order valence-corrected chi connectivity index (χ4v) is 2.75. The summed E-state index contributed by atoms with van der Waals surface area (Å²) in [6, 6.07) is 13.2. The lowest BCUT2D eigenvalue weighted by molar-refractivity contribution is 0.0698. The number of rotatable bonds is 2. The van der Waals surface area contributed by atoms with Crippen molar-refractivity contribution in [3.8, 4) is 17.2 Å². The number of carboxylic acid groups (broad SMARTS) is 1. The average Bonchev–Trinajstić information content (AvgIpc) is 3.01. The molecule has 2 heterocycles. The zero-order valence-electron chi connectivity index (χ0n) is 11.9. The van der Waals surface area contributed by atoms with Gasteiger partial charge in [0.25, 0.3) is 5.56 Å². The number of hydrogen-bond acceptors (Lipinski definition) is 4. The number of nitrogens with zero attached hydrogens (tertiary/aromatic N) is 1. The van der Waals surface area contributed by atoms with Crippen LogP contribution < -0.4 is 15.0 Å². The Morgan fingerprint density at radius 3 is 2.65 bits per heavy atom. The molecule has 0 unspecified atom stereocenters. The molecule has 3 aromatic rings. The molecule has 0 atom stereocenters. The van der Waals surface area contributed by atoms with Crippen LogP contribution in [0.4, 0.5) is 0 Å². The second-order valence-electron chi connectivity index (χ2n) is 5.09. The summed E-state index contributed by atoms with van der Waals surface area (Å²) < 4.78 is 12.1. The summed E-state index contributed by atoms with van der Waals surface area (Å²) >= 11 is 0. The van der Waals surface area contributed by atoms with Gasteiger partial charge in [0.05, 0.1) is 16.8 Å². The van der Waals surface area contributed by atoms with Crippen LogP contribution in [0.15, 0.2) is 53.3 Å². The predicted molar refractivity (Wildman–Crippen MR) is 82.6 cm³/mol. The third-order valence-electron chi connectivity index (χ3n) is 3.77. The van der Waals surface area contributed by atoms with Crippen molar-refractivity contribution in [1.82, 2.24) is 4.57 Å². The zero-order chi connectivity index (χ0) is 16.0. The van der Waals surface area contributed by atoms with Crippen LogP contribution in [0.1, 0.15) is 10.4 Å². The van der Waals surface area contributed by atoms with Gasteiger partial charge < -0.3 is 14.6 Å². The van der Waals surface area contributed by atoms with E-state index in [0.29, 0.717) is 28.1 Å². The summed E-state index contributed by atoms with van der Waals surface area (Å²) in [4.78, 5) is 23.9. The first-order valence-electron chi connectivity index (χ1n) is 6.93. The van der Waals surface area contributed by atoms with Crippen molar-refractivity contribution in [1.29, 1.82) is 0 Å². The highest BCUT2D eigenvalue weighted by atomic mass is 16.7. The molecule has 0 aliphatic carbocycles. The van der Waals surface area contributed by atoms with Crippen LogP contribution in [0, 0.1) is 0 Å². The van der Waals surface area contributed by atoms with Crippen LogP contribution in [0.3, 0.4) is 0 Å². The minimum atomic E-state index is -1.13. The molecule has 2 aromatic carbocycles. The van der Waals surface area contributed by atoms with Gasteiger partial charge in [0.15, 0.2) is 11.5 Å². The Kier molecular flexibility index (Phi) is 2.84. The molecule has 1 aromatic heterocycles. The molecule has 0 spiro atoms. The Hall–Kier alpha value is -3.28. The number of carboxylic acids is 1. The number of aromatic nitrogens is 1. The van der Waals surface area contributed by atoms with E-state index in [4.69, 9.17) is 9.47 Å². The van der Waals surface area contributed by atoms with E-state index in [-0.39, 0.29) is 12.4 Å². The lowest BCUT2D eigenvalue weighted by Gasteiger charge is -2.12. The Balaban J connectivity index is 2.05. The van der Waals surface area contributed by atoms with Crippen LogP contribution in [0.2, 0.25) is 0 Å². The van der Waals surface area contributed by atoms with Crippen LogP contribution in [0.25, 0.3) is 16.6 Å². The van der Waals surface area contributed by atoms with Crippen LogP contribution in [-0.2, 0) is 0 Å². The number of aromatic carboxylic acids is 1. The number of carbonyl (C=O) groups is 1. The summed E-state index contributed by atoms with van der Waals surface area (Å²) in [6.07, 6.45) is 0. The van der Waals surface area contributed by atoms with Gasteiger partial charge in [-0.25, -0.2) is 4.79 Å². The van der Waals surface area contributed by atoms with Gasteiger partial charge in [-0.2, -0.15) is 0 Å². The zero-order valence-corrected chi connectivity index (χ0v) is 11.9. The van der Waals surface area contributed by atoms with Gasteiger partial charge in [0.1, 0.15) is 0 Å². The molecular formula is C17H11NO5. The number of benzene rings is 2. The van der Waals surface area contributed by atoms with Crippen LogP contribution in [0.5, 0.6) is 11.5 Å². The monoisotopic (exact) mass is 309 g/mol. The molecule has 0 amide bonds. The van der Waals surface area contributed by atoms with E-state index in [9.17, 15) is 14.7 Å². The molecule has 6 nitrogen and oxygen atoms in total. The second-order valence-corrected chi connectivity index (χ2v) is 5.09. The van der Waals surface area contributed by atoms with Crippen molar-refractivity contribution in [3.63, 3.8) is 0 Å². The molecule has 0 fully saturated rings. The maximum atomic E-state index is 12.5. The third-order valence-corrected chi connectivity index (χ3v) is 3.77. The van der Waals surface area contributed by atoms with Gasteiger partial charge in [0.2, 0.25) is 6.79 Å². The third kappa shape index (κ3) is 2.03. The van der Waals surface area contributed by atoms with E-state index in [1.807, 2.05) is 0 Å². The predicted octanol–water partition coefficient (Wildman–Crippen LogP) is 2.42. The Bertz CT molecular complexity index is 1010. The molecule has 0 saturated heterocycles. The number of ether oxygens (including phenoxy) is 2. The van der Waals surface area contributed by atoms with Gasteiger partial charge in [-0.3, -0.25) is 9.36 Å². The fourth-order valence-electron chi connectivity index (χ4n) is 2.75. The number of pyridine rings is 1. The first-order valence-corrected chi connectivity index (χ1v) is 6.93. The van der Waals surface area contributed by atoms with Crippen LogP contribution in [-0.4, -0.2) is 22.4 Å². The largest absolute Gasteiger partial charge is 0.478 e. The minimum Gasteiger partial charge on any atom is -0.478 e. The lowest BCUT2D eigenvalue weighted by atomic mass is 10.1. The SMILES string of the molecule is O=C(O)c1cc(=O)n(-c2ccc3c(c2)OCO3)c2ccccc12. The van der Waals surface area contributed by atoms with Crippen molar-refractivity contribution >= 4 is 16.9 Å². The molecule has 1 N–H and O–H groups in total. The molecule has 4 rings (SSSR count).